The van der Waals surface area contributed by atoms with Crippen LogP contribution in [0.25, 0.3) is 55.9 Å². The van der Waals surface area contributed by atoms with E-state index in [9.17, 15) is 0 Å². The van der Waals surface area contributed by atoms with Crippen LogP contribution in [0.1, 0.15) is 37.0 Å². The molecule has 2 unspecified atom stereocenters. The number of anilines is 2. The van der Waals surface area contributed by atoms with E-state index in [1.54, 1.807) is 0 Å². The Morgan fingerprint density at radius 3 is 2.47 bits per heavy atom. The summed E-state index contributed by atoms with van der Waals surface area (Å²) in [6.07, 6.45) is 12.7. The van der Waals surface area contributed by atoms with Crippen LogP contribution in [0.5, 0.6) is 0 Å². The SMILES string of the molecule is c1ccc(-c2ccc3oc4c(c3c2)NC(n2c3c(c5cc6ccccc6cc52)=CC2=CCCC=C2CC=3)C(c2ccccc2)N4)cc#1. The zero-order chi connectivity index (χ0) is 30.9. The Balaban J connectivity index is 1.25. The summed E-state index contributed by atoms with van der Waals surface area (Å²) >= 11 is 0. The van der Waals surface area contributed by atoms with E-state index in [0.29, 0.717) is 0 Å². The Kier molecular flexibility index (Phi) is 5.77. The van der Waals surface area contributed by atoms with E-state index < -0.39 is 0 Å². The molecule has 0 saturated heterocycles. The van der Waals surface area contributed by atoms with Gasteiger partial charge in [0, 0.05) is 21.3 Å². The van der Waals surface area contributed by atoms with Crippen LogP contribution in [0.2, 0.25) is 0 Å². The van der Waals surface area contributed by atoms with Crippen molar-refractivity contribution in [3.8, 4) is 11.1 Å². The van der Waals surface area contributed by atoms with Crippen molar-refractivity contribution in [2.75, 3.05) is 10.6 Å². The maximum absolute atomic E-state index is 6.51. The lowest BCUT2D eigenvalue weighted by molar-refractivity contribution is 0.468. The van der Waals surface area contributed by atoms with E-state index in [2.05, 4.69) is 143 Å². The summed E-state index contributed by atoms with van der Waals surface area (Å²) in [6.45, 7) is 0. The van der Waals surface area contributed by atoms with Gasteiger partial charge in [0.1, 0.15) is 17.4 Å². The molecule has 7 aromatic rings. The standard InChI is InChI=1S/C43H31N3O/c1-3-11-27(12-4-1)33-20-22-39-36(25-33)41-43(47-39)45-40(29-14-5-2-6-15-29)42(44-41)46-37-21-19-28-13-7-8-16-30(28)23-34(37)35-24-31-17-9-10-18-32(31)26-38(35)46/h2-3,5-6,9-18,20-26,40,42,44-45H,7-8,19H2. The predicted molar refractivity (Wildman–Crippen MR) is 192 cm³/mol. The molecule has 2 aliphatic carbocycles. The minimum atomic E-state index is -0.144. The first-order valence-electron chi connectivity index (χ1n) is 16.5. The van der Waals surface area contributed by atoms with Crippen LogP contribution in [0.4, 0.5) is 11.6 Å². The molecule has 4 nitrogen and oxygen atoms in total. The van der Waals surface area contributed by atoms with Gasteiger partial charge in [0.25, 0.3) is 0 Å². The average Bonchev–Trinajstić information content (AvgIpc) is 3.55. The van der Waals surface area contributed by atoms with Crippen LogP contribution >= 0.6 is 0 Å². The van der Waals surface area contributed by atoms with Crippen LogP contribution in [-0.4, -0.2) is 4.57 Å². The van der Waals surface area contributed by atoms with Crippen LogP contribution in [0.15, 0.2) is 131 Å². The van der Waals surface area contributed by atoms with Crippen molar-refractivity contribution in [3.63, 3.8) is 0 Å². The van der Waals surface area contributed by atoms with E-state index in [1.165, 1.54) is 49.0 Å². The first-order valence-corrected chi connectivity index (χ1v) is 16.5. The van der Waals surface area contributed by atoms with Crippen molar-refractivity contribution in [1.29, 1.82) is 0 Å². The molecular formula is C43H31N3O. The molecule has 224 valence electrons. The van der Waals surface area contributed by atoms with Gasteiger partial charge in [0.15, 0.2) is 0 Å². The molecule has 1 aliphatic heterocycles. The van der Waals surface area contributed by atoms with Crippen LogP contribution in [0, 0.1) is 12.1 Å². The van der Waals surface area contributed by atoms with Gasteiger partial charge in [-0.2, -0.15) is 0 Å². The topological polar surface area (TPSA) is 42.1 Å². The molecule has 47 heavy (non-hydrogen) atoms. The van der Waals surface area contributed by atoms with E-state index in [-0.39, 0.29) is 12.2 Å². The Bertz CT molecular complexity index is 2550. The highest BCUT2D eigenvalue weighted by molar-refractivity contribution is 6.01. The summed E-state index contributed by atoms with van der Waals surface area (Å²) in [6, 6.07) is 42.6. The highest BCUT2D eigenvalue weighted by Crippen LogP contribution is 2.46. The lowest BCUT2D eigenvalue weighted by Gasteiger charge is -2.36. The number of hydrogen-bond acceptors (Lipinski definition) is 3. The summed E-state index contributed by atoms with van der Waals surface area (Å²) in [5, 5.41) is 15.3. The van der Waals surface area contributed by atoms with Crippen LogP contribution in [0.3, 0.4) is 0 Å². The van der Waals surface area contributed by atoms with Crippen molar-refractivity contribution >= 4 is 56.4 Å². The van der Waals surface area contributed by atoms with Gasteiger partial charge in [-0.25, -0.2) is 0 Å². The predicted octanol–water partition coefficient (Wildman–Crippen LogP) is 9.20. The number of nitrogens with one attached hydrogen (secondary N) is 2. The lowest BCUT2D eigenvalue weighted by Crippen LogP contribution is -2.40. The molecular weight excluding hydrogens is 574 g/mol. The molecule has 0 spiro atoms. The second-order valence-corrected chi connectivity index (χ2v) is 12.8. The molecule has 3 aliphatic rings. The Labute approximate surface area is 272 Å². The van der Waals surface area contributed by atoms with Crippen molar-refractivity contribution in [2.45, 2.75) is 31.5 Å². The summed E-state index contributed by atoms with van der Waals surface area (Å²) in [7, 11) is 0. The molecule has 0 amide bonds. The molecule has 0 saturated carbocycles. The van der Waals surface area contributed by atoms with E-state index >= 15 is 0 Å². The number of allylic oxidation sites excluding steroid dienone is 4. The second-order valence-electron chi connectivity index (χ2n) is 12.8. The summed E-state index contributed by atoms with van der Waals surface area (Å²) < 4.78 is 9.06. The summed E-state index contributed by atoms with van der Waals surface area (Å²) in [4.78, 5) is 0. The van der Waals surface area contributed by atoms with Gasteiger partial charge in [-0.3, -0.25) is 0 Å². The fraction of sp³-hybridized carbons (Fsp3) is 0.116. The molecule has 2 atom stereocenters. The maximum atomic E-state index is 6.51. The molecule has 0 fully saturated rings. The third kappa shape index (κ3) is 4.17. The first kappa shape index (κ1) is 26.3. The zero-order valence-corrected chi connectivity index (χ0v) is 25.8. The van der Waals surface area contributed by atoms with Gasteiger partial charge in [-0.15, -0.1) is 0 Å². The van der Waals surface area contributed by atoms with E-state index in [4.69, 9.17) is 4.42 Å². The van der Waals surface area contributed by atoms with Gasteiger partial charge < -0.3 is 19.6 Å². The van der Waals surface area contributed by atoms with Crippen LogP contribution < -0.4 is 21.2 Å². The lowest BCUT2D eigenvalue weighted by atomic mass is 9.95. The second kappa shape index (κ2) is 10.3. The quantitative estimate of drug-likeness (QED) is 0.211. The molecule has 4 heteroatoms. The maximum Gasteiger partial charge on any atom is 0.218 e. The van der Waals surface area contributed by atoms with Gasteiger partial charge >= 0.3 is 0 Å². The Morgan fingerprint density at radius 1 is 0.745 bits per heavy atom. The zero-order valence-electron chi connectivity index (χ0n) is 25.8. The minimum absolute atomic E-state index is 0.0912. The minimum Gasteiger partial charge on any atom is -0.438 e. The molecule has 2 aromatic heterocycles. The highest BCUT2D eigenvalue weighted by Gasteiger charge is 2.35. The number of fused-ring (bicyclic) bond motifs is 8. The number of nitrogens with zero attached hydrogens (tertiary/aromatic N) is 1. The summed E-state index contributed by atoms with van der Waals surface area (Å²) in [5.74, 6) is 0.764. The van der Waals surface area contributed by atoms with Gasteiger partial charge in [-0.1, -0.05) is 91.0 Å². The molecule has 0 radical (unpaired) electrons. The van der Waals surface area contributed by atoms with Gasteiger partial charge in [0.05, 0.1) is 11.6 Å². The van der Waals surface area contributed by atoms with Gasteiger partial charge in [0.2, 0.25) is 5.88 Å². The third-order valence-electron chi connectivity index (χ3n) is 10.1. The normalized spacial score (nSPS) is 18.3. The largest absolute Gasteiger partial charge is 0.438 e. The smallest absolute Gasteiger partial charge is 0.218 e. The summed E-state index contributed by atoms with van der Waals surface area (Å²) in [5.41, 5.74) is 9.26. The van der Waals surface area contributed by atoms with Crippen molar-refractivity contribution in [2.24, 2.45) is 0 Å². The Hall–Kier alpha value is -5.92. The number of furan rings is 1. The fourth-order valence-corrected chi connectivity index (χ4v) is 7.80. The van der Waals surface area contributed by atoms with Crippen LogP contribution in [-0.2, 0) is 0 Å². The number of hydrogen-bond donors (Lipinski definition) is 2. The number of rotatable bonds is 3. The highest BCUT2D eigenvalue weighted by atomic mass is 16.4. The third-order valence-corrected chi connectivity index (χ3v) is 10.1. The first-order chi connectivity index (χ1) is 23.3. The molecule has 3 heterocycles. The van der Waals surface area contributed by atoms with Crippen molar-refractivity contribution in [3.05, 3.63) is 155 Å². The average molecular weight is 606 g/mol. The molecule has 2 N–H and O–H groups in total. The molecule has 10 rings (SSSR count). The van der Waals surface area contributed by atoms with Crippen molar-refractivity contribution in [1.82, 2.24) is 4.57 Å². The fourth-order valence-electron chi connectivity index (χ4n) is 7.80. The number of benzene rings is 4. The number of aromatic nitrogens is 1. The Morgan fingerprint density at radius 2 is 1.60 bits per heavy atom. The van der Waals surface area contributed by atoms with Gasteiger partial charge in [-0.05, 0) is 106 Å². The monoisotopic (exact) mass is 605 g/mol. The molecule has 0 bridgehead atoms. The van der Waals surface area contributed by atoms with E-state index in [0.717, 1.165) is 52.9 Å². The molecule has 5 aromatic carbocycles. The van der Waals surface area contributed by atoms with E-state index in [1.807, 2.05) is 12.1 Å². The van der Waals surface area contributed by atoms with Crippen molar-refractivity contribution < 1.29 is 4.42 Å².